The van der Waals surface area contributed by atoms with Crippen LogP contribution in [0.4, 0.5) is 0 Å². The van der Waals surface area contributed by atoms with Gasteiger partial charge in [0.2, 0.25) is 0 Å². The van der Waals surface area contributed by atoms with Gasteiger partial charge in [-0.05, 0) is 188 Å². The summed E-state index contributed by atoms with van der Waals surface area (Å²) in [5.41, 5.74) is 15.8. The zero-order chi connectivity index (χ0) is 43.1. The van der Waals surface area contributed by atoms with Crippen molar-refractivity contribution in [2.24, 2.45) is 0 Å². The Hall–Kier alpha value is -8.32. The lowest BCUT2D eigenvalue weighted by atomic mass is 9.81. The standard InChI is InChI=1S/C66H38/c1-35-15-6-8-19-38(35)55-43-23-12-13-24-44(43)56(39-20-9-7-16-36(39)2)65-52-33-29-47-48-30-34-53-60-50(31-27-45(57(48)60)46-28-32-51(64(55)65)61(52)58(46)47)63-54(37-17-4-3-5-18-37)49-26-14-25-41-40-21-10-11-22-42(40)62(59(41)49)66(53)63/h3-34H,1-2H3. The number of benzene rings is 13. The summed E-state index contributed by atoms with van der Waals surface area (Å²) in [6.45, 7) is 4.54. The highest BCUT2D eigenvalue weighted by atomic mass is 14.4. The van der Waals surface area contributed by atoms with Gasteiger partial charge in [0.15, 0.2) is 0 Å². The van der Waals surface area contributed by atoms with Crippen LogP contribution in [0.25, 0.3) is 163 Å². The summed E-state index contributed by atoms with van der Waals surface area (Å²) < 4.78 is 0. The summed E-state index contributed by atoms with van der Waals surface area (Å²) in [5.74, 6) is 0. The molecule has 0 amide bonds. The normalized spacial score (nSPS) is 12.7. The molecule has 1 aliphatic carbocycles. The number of aryl methyl sites for hydroxylation is 2. The summed E-state index contributed by atoms with van der Waals surface area (Å²) in [7, 11) is 0. The largest absolute Gasteiger partial charge is 0.0622 e. The van der Waals surface area contributed by atoms with Crippen molar-refractivity contribution in [1.82, 2.24) is 0 Å². The van der Waals surface area contributed by atoms with Gasteiger partial charge in [-0.25, -0.2) is 0 Å². The molecule has 0 unspecified atom stereocenters. The van der Waals surface area contributed by atoms with E-state index in [1.807, 2.05) is 0 Å². The van der Waals surface area contributed by atoms with Crippen LogP contribution < -0.4 is 0 Å². The number of hydrogen-bond acceptors (Lipinski definition) is 0. The molecule has 15 aromatic rings. The molecule has 1 aliphatic rings. The highest BCUT2D eigenvalue weighted by Gasteiger charge is 2.33. The summed E-state index contributed by atoms with van der Waals surface area (Å²) >= 11 is 0. The first-order valence-electron chi connectivity index (χ1n) is 23.4. The van der Waals surface area contributed by atoms with Gasteiger partial charge in [0.1, 0.15) is 0 Å². The van der Waals surface area contributed by atoms with Gasteiger partial charge < -0.3 is 0 Å². The Bertz CT molecular complexity index is 4480. The average molecular weight is 831 g/mol. The van der Waals surface area contributed by atoms with Crippen LogP contribution >= 0.6 is 0 Å². The Morgan fingerprint density at radius 2 is 0.561 bits per heavy atom. The van der Waals surface area contributed by atoms with E-state index in [1.165, 1.54) is 174 Å². The van der Waals surface area contributed by atoms with Crippen molar-refractivity contribution in [3.8, 4) is 55.6 Å². The van der Waals surface area contributed by atoms with Gasteiger partial charge in [-0.1, -0.05) is 194 Å². The fourth-order valence-corrected chi connectivity index (χ4v) is 13.4. The Kier molecular flexibility index (Phi) is 6.52. The quantitative estimate of drug-likeness (QED) is 0.123. The molecule has 0 radical (unpaired) electrons. The average Bonchev–Trinajstić information content (AvgIpc) is 4.00. The molecule has 0 bridgehead atoms. The lowest BCUT2D eigenvalue weighted by molar-refractivity contribution is 1.46. The fourth-order valence-electron chi connectivity index (χ4n) is 13.4. The third kappa shape index (κ3) is 4.09. The Labute approximate surface area is 380 Å². The Balaban J connectivity index is 1.09. The molecule has 0 atom stereocenters. The van der Waals surface area contributed by atoms with Gasteiger partial charge in [-0.3, -0.25) is 0 Å². The lowest BCUT2D eigenvalue weighted by Crippen LogP contribution is -1.95. The molecular formula is C66H38. The van der Waals surface area contributed by atoms with E-state index in [9.17, 15) is 0 Å². The number of hydrogen-bond donors (Lipinski definition) is 0. The first-order chi connectivity index (χ1) is 32.7. The summed E-state index contributed by atoms with van der Waals surface area (Å²) in [6.07, 6.45) is 0. The van der Waals surface area contributed by atoms with Gasteiger partial charge in [-0.2, -0.15) is 0 Å². The molecule has 302 valence electrons. The van der Waals surface area contributed by atoms with Crippen molar-refractivity contribution in [1.29, 1.82) is 0 Å². The fraction of sp³-hybridized carbons (Fsp3) is 0.0303. The summed E-state index contributed by atoms with van der Waals surface area (Å²) in [5, 5.41) is 27.0. The molecular weight excluding hydrogens is 793 g/mol. The SMILES string of the molecule is Cc1ccccc1-c1c2c(c(-c3ccccc3C)c3ccccc13)-c1ccc3c4ccc5c6c(ccc(c7ccc-2c1c73)c46)c1c(-c2ccccc2)c2cccc3c4ccccc4c(c23)c51. The van der Waals surface area contributed by atoms with Crippen LogP contribution in [0.2, 0.25) is 0 Å². The highest BCUT2D eigenvalue weighted by molar-refractivity contribution is 6.51. The second-order valence-electron chi connectivity index (χ2n) is 19.0. The first-order valence-corrected chi connectivity index (χ1v) is 23.4. The monoisotopic (exact) mass is 830 g/mol. The van der Waals surface area contributed by atoms with Crippen molar-refractivity contribution >= 4 is 108 Å². The maximum Gasteiger partial charge on any atom is -0.000696 e. The topological polar surface area (TPSA) is 0 Å². The van der Waals surface area contributed by atoms with E-state index >= 15 is 0 Å². The van der Waals surface area contributed by atoms with Crippen molar-refractivity contribution in [2.75, 3.05) is 0 Å². The van der Waals surface area contributed by atoms with Gasteiger partial charge in [-0.15, -0.1) is 0 Å². The van der Waals surface area contributed by atoms with Crippen LogP contribution in [0.3, 0.4) is 0 Å². The van der Waals surface area contributed by atoms with E-state index in [4.69, 9.17) is 0 Å². The van der Waals surface area contributed by atoms with Crippen LogP contribution in [-0.2, 0) is 0 Å². The molecule has 0 spiro atoms. The predicted molar refractivity (Wildman–Crippen MR) is 285 cm³/mol. The van der Waals surface area contributed by atoms with Gasteiger partial charge in [0.25, 0.3) is 0 Å². The Morgan fingerprint density at radius 1 is 0.182 bits per heavy atom. The molecule has 0 N–H and O–H groups in total. The lowest BCUT2D eigenvalue weighted by Gasteiger charge is -2.22. The van der Waals surface area contributed by atoms with Crippen molar-refractivity contribution < 1.29 is 0 Å². The number of fused-ring (bicyclic) bond motifs is 13. The van der Waals surface area contributed by atoms with Gasteiger partial charge in [0, 0.05) is 0 Å². The minimum atomic E-state index is 1.27. The zero-order valence-corrected chi connectivity index (χ0v) is 36.5. The molecule has 15 aromatic carbocycles. The molecule has 0 saturated carbocycles. The predicted octanol–water partition coefficient (Wildman–Crippen LogP) is 18.8. The minimum absolute atomic E-state index is 1.27. The smallest absolute Gasteiger partial charge is 0.000696 e. The van der Waals surface area contributed by atoms with E-state index < -0.39 is 0 Å². The molecule has 16 rings (SSSR count). The molecule has 0 nitrogen and oxygen atoms in total. The van der Waals surface area contributed by atoms with E-state index in [1.54, 1.807) is 0 Å². The first kappa shape index (κ1) is 35.1. The van der Waals surface area contributed by atoms with E-state index in [-0.39, 0.29) is 0 Å². The molecule has 0 aromatic heterocycles. The van der Waals surface area contributed by atoms with Crippen LogP contribution in [0.1, 0.15) is 11.1 Å². The maximum atomic E-state index is 2.47. The van der Waals surface area contributed by atoms with Gasteiger partial charge >= 0.3 is 0 Å². The van der Waals surface area contributed by atoms with Crippen LogP contribution in [0.5, 0.6) is 0 Å². The molecule has 0 fully saturated rings. The molecule has 66 heavy (non-hydrogen) atoms. The zero-order valence-electron chi connectivity index (χ0n) is 36.5. The van der Waals surface area contributed by atoms with Crippen molar-refractivity contribution in [2.45, 2.75) is 13.8 Å². The third-order valence-corrected chi connectivity index (χ3v) is 15.9. The van der Waals surface area contributed by atoms with Crippen molar-refractivity contribution in [3.63, 3.8) is 0 Å². The van der Waals surface area contributed by atoms with Crippen LogP contribution in [-0.4, -0.2) is 0 Å². The molecule has 0 aliphatic heterocycles. The second-order valence-corrected chi connectivity index (χ2v) is 19.0. The minimum Gasteiger partial charge on any atom is -0.0622 e. The van der Waals surface area contributed by atoms with Crippen LogP contribution in [0.15, 0.2) is 194 Å². The second kappa shape index (κ2) is 12.3. The highest BCUT2D eigenvalue weighted by Crippen LogP contribution is 2.61. The van der Waals surface area contributed by atoms with E-state index in [2.05, 4.69) is 208 Å². The Morgan fingerprint density at radius 3 is 1.17 bits per heavy atom. The third-order valence-electron chi connectivity index (χ3n) is 15.9. The number of rotatable bonds is 3. The molecule has 0 heteroatoms. The van der Waals surface area contributed by atoms with Gasteiger partial charge in [0.05, 0.1) is 0 Å². The summed E-state index contributed by atoms with van der Waals surface area (Å²) in [6, 6.07) is 74.0. The molecule has 0 saturated heterocycles. The maximum absolute atomic E-state index is 2.47. The van der Waals surface area contributed by atoms with Crippen molar-refractivity contribution in [3.05, 3.63) is 205 Å². The van der Waals surface area contributed by atoms with E-state index in [0.29, 0.717) is 0 Å². The molecule has 0 heterocycles. The summed E-state index contributed by atoms with van der Waals surface area (Å²) in [4.78, 5) is 0. The van der Waals surface area contributed by atoms with Crippen LogP contribution in [0, 0.1) is 13.8 Å². The van der Waals surface area contributed by atoms with E-state index in [0.717, 1.165) is 0 Å².